The maximum absolute atomic E-state index is 10.4. The zero-order chi connectivity index (χ0) is 9.14. The highest BCUT2D eigenvalue weighted by molar-refractivity contribution is 9.09. The molecule has 0 heterocycles. The summed E-state index contributed by atoms with van der Waals surface area (Å²) in [6, 6.07) is 6.03. The zero-order valence-corrected chi connectivity index (χ0v) is 7.56. The summed E-state index contributed by atoms with van der Waals surface area (Å²) in [5.74, 6) is 0. The van der Waals surface area contributed by atoms with Gasteiger partial charge < -0.3 is 5.11 Å². The summed E-state index contributed by atoms with van der Waals surface area (Å²) < 4.78 is 0. The number of nitro benzene ring substituents is 1. The maximum atomic E-state index is 10.4. The van der Waals surface area contributed by atoms with Gasteiger partial charge in [0.15, 0.2) is 0 Å². The van der Waals surface area contributed by atoms with E-state index in [0.717, 1.165) is 0 Å². The van der Waals surface area contributed by atoms with Crippen LogP contribution in [0.3, 0.4) is 0 Å². The SMILES string of the molecule is O=[N+]([O-])c1ccccc1C(O)Br. The van der Waals surface area contributed by atoms with Crippen LogP contribution in [0.15, 0.2) is 24.3 Å². The van der Waals surface area contributed by atoms with E-state index in [-0.39, 0.29) is 11.3 Å². The minimum atomic E-state index is -0.987. The van der Waals surface area contributed by atoms with Gasteiger partial charge in [-0.2, -0.15) is 0 Å². The van der Waals surface area contributed by atoms with E-state index in [1.54, 1.807) is 12.1 Å². The molecular weight excluding hydrogens is 226 g/mol. The van der Waals surface area contributed by atoms with E-state index in [2.05, 4.69) is 15.9 Å². The topological polar surface area (TPSA) is 63.4 Å². The second-order valence-electron chi connectivity index (χ2n) is 2.15. The Bertz CT molecular complexity index is 300. The molecule has 0 aliphatic carbocycles. The van der Waals surface area contributed by atoms with Gasteiger partial charge in [0.2, 0.25) is 0 Å². The second kappa shape index (κ2) is 3.64. The molecule has 1 atom stereocenters. The van der Waals surface area contributed by atoms with Gasteiger partial charge in [-0.05, 0) is 6.07 Å². The molecule has 0 aliphatic heterocycles. The van der Waals surface area contributed by atoms with E-state index in [9.17, 15) is 10.1 Å². The van der Waals surface area contributed by atoms with Crippen LogP contribution in [-0.4, -0.2) is 10.0 Å². The Morgan fingerprint density at radius 3 is 2.50 bits per heavy atom. The molecule has 5 heteroatoms. The van der Waals surface area contributed by atoms with Crippen molar-refractivity contribution in [3.8, 4) is 0 Å². The number of halogens is 1. The van der Waals surface area contributed by atoms with Gasteiger partial charge in [0.25, 0.3) is 5.69 Å². The fourth-order valence-corrected chi connectivity index (χ4v) is 1.24. The summed E-state index contributed by atoms with van der Waals surface area (Å²) >= 11 is 2.85. The molecule has 1 aromatic rings. The third-order valence-corrected chi connectivity index (χ3v) is 1.88. The lowest BCUT2D eigenvalue weighted by Crippen LogP contribution is -1.96. The average Bonchev–Trinajstić information content (AvgIpc) is 2.04. The van der Waals surface area contributed by atoms with Crippen molar-refractivity contribution < 1.29 is 10.0 Å². The van der Waals surface area contributed by atoms with E-state index in [1.807, 2.05) is 0 Å². The summed E-state index contributed by atoms with van der Waals surface area (Å²) in [7, 11) is 0. The van der Waals surface area contributed by atoms with Crippen LogP contribution >= 0.6 is 15.9 Å². The minimum Gasteiger partial charge on any atom is -0.377 e. The van der Waals surface area contributed by atoms with Crippen molar-refractivity contribution in [2.45, 2.75) is 5.01 Å². The number of alkyl halides is 1. The van der Waals surface area contributed by atoms with Gasteiger partial charge in [0, 0.05) is 6.07 Å². The van der Waals surface area contributed by atoms with Gasteiger partial charge in [0.05, 0.1) is 10.5 Å². The minimum absolute atomic E-state index is 0.0816. The van der Waals surface area contributed by atoms with Gasteiger partial charge >= 0.3 is 0 Å². The lowest BCUT2D eigenvalue weighted by Gasteiger charge is -2.02. The molecular formula is C7H6BrNO3. The summed E-state index contributed by atoms with van der Waals surface area (Å²) in [6.45, 7) is 0. The van der Waals surface area contributed by atoms with Crippen molar-refractivity contribution in [3.63, 3.8) is 0 Å². The molecule has 0 aliphatic rings. The molecule has 0 aromatic heterocycles. The third kappa shape index (κ3) is 1.80. The highest BCUT2D eigenvalue weighted by atomic mass is 79.9. The number of para-hydroxylation sites is 1. The third-order valence-electron chi connectivity index (χ3n) is 1.39. The summed E-state index contributed by atoms with van der Waals surface area (Å²) in [4.78, 5) is 9.87. The normalized spacial score (nSPS) is 12.5. The van der Waals surface area contributed by atoms with E-state index < -0.39 is 9.94 Å². The van der Waals surface area contributed by atoms with Crippen LogP contribution in [0.25, 0.3) is 0 Å². The van der Waals surface area contributed by atoms with Crippen LogP contribution in [0.2, 0.25) is 0 Å². The van der Waals surface area contributed by atoms with Gasteiger partial charge in [0.1, 0.15) is 5.01 Å². The van der Waals surface area contributed by atoms with Crippen molar-refractivity contribution >= 4 is 21.6 Å². The van der Waals surface area contributed by atoms with E-state index >= 15 is 0 Å². The molecule has 0 saturated heterocycles. The predicted molar refractivity (Wildman–Crippen MR) is 47.0 cm³/mol. The van der Waals surface area contributed by atoms with Crippen molar-refractivity contribution in [1.29, 1.82) is 0 Å². The van der Waals surface area contributed by atoms with Gasteiger partial charge in [-0.15, -0.1) is 0 Å². The van der Waals surface area contributed by atoms with Crippen LogP contribution in [0.1, 0.15) is 10.6 Å². The lowest BCUT2D eigenvalue weighted by atomic mass is 10.2. The van der Waals surface area contributed by atoms with E-state index in [4.69, 9.17) is 5.11 Å². The number of aliphatic hydroxyl groups is 1. The average molecular weight is 232 g/mol. The highest BCUT2D eigenvalue weighted by Crippen LogP contribution is 2.27. The Morgan fingerprint density at radius 1 is 1.50 bits per heavy atom. The molecule has 0 radical (unpaired) electrons. The smallest absolute Gasteiger partial charge is 0.276 e. The van der Waals surface area contributed by atoms with Crippen LogP contribution < -0.4 is 0 Å². The number of nitrogens with zero attached hydrogens (tertiary/aromatic N) is 1. The molecule has 0 saturated carbocycles. The first kappa shape index (κ1) is 9.15. The summed E-state index contributed by atoms with van der Waals surface area (Å²) in [5.41, 5.74) is 0.185. The second-order valence-corrected chi connectivity index (χ2v) is 3.02. The molecule has 1 unspecified atom stereocenters. The zero-order valence-electron chi connectivity index (χ0n) is 5.98. The fraction of sp³-hybridized carbons (Fsp3) is 0.143. The number of hydrogen-bond acceptors (Lipinski definition) is 3. The molecule has 12 heavy (non-hydrogen) atoms. The number of rotatable bonds is 2. The molecule has 64 valence electrons. The standard InChI is InChI=1S/C7H6BrNO3/c8-7(10)5-3-1-2-4-6(5)9(11)12/h1-4,7,10H. The molecule has 0 bridgehead atoms. The first-order chi connectivity index (χ1) is 5.63. The number of hydrogen-bond donors (Lipinski definition) is 1. The van der Waals surface area contributed by atoms with Crippen molar-refractivity contribution in [2.24, 2.45) is 0 Å². The monoisotopic (exact) mass is 231 g/mol. The van der Waals surface area contributed by atoms with Crippen LogP contribution in [0.4, 0.5) is 5.69 Å². The Labute approximate surface area is 77.1 Å². The Morgan fingerprint density at radius 2 is 2.08 bits per heavy atom. The summed E-state index contributed by atoms with van der Waals surface area (Å²) in [6.07, 6.45) is 0. The summed E-state index contributed by atoms with van der Waals surface area (Å²) in [5, 5.41) is 18.5. The van der Waals surface area contributed by atoms with Crippen molar-refractivity contribution in [3.05, 3.63) is 39.9 Å². The van der Waals surface area contributed by atoms with Crippen molar-refractivity contribution in [1.82, 2.24) is 0 Å². The Kier molecular flexibility index (Phi) is 2.78. The lowest BCUT2D eigenvalue weighted by molar-refractivity contribution is -0.385. The highest BCUT2D eigenvalue weighted by Gasteiger charge is 2.16. The van der Waals surface area contributed by atoms with Crippen molar-refractivity contribution in [2.75, 3.05) is 0 Å². The molecule has 4 nitrogen and oxygen atoms in total. The molecule has 0 fully saturated rings. The maximum Gasteiger partial charge on any atom is 0.276 e. The molecule has 1 N–H and O–H groups in total. The quantitative estimate of drug-likeness (QED) is 0.481. The van der Waals surface area contributed by atoms with Crippen LogP contribution in [-0.2, 0) is 0 Å². The molecule has 1 aromatic carbocycles. The Hall–Kier alpha value is -0.940. The number of nitro groups is 1. The largest absolute Gasteiger partial charge is 0.377 e. The predicted octanol–water partition coefficient (Wildman–Crippen LogP) is 1.98. The van der Waals surface area contributed by atoms with Gasteiger partial charge in [-0.3, -0.25) is 10.1 Å². The number of aliphatic hydroxyl groups excluding tert-OH is 1. The fourth-order valence-electron chi connectivity index (χ4n) is 0.855. The van der Waals surface area contributed by atoms with Gasteiger partial charge in [-0.1, -0.05) is 28.1 Å². The van der Waals surface area contributed by atoms with Crippen LogP contribution in [0, 0.1) is 10.1 Å². The Balaban J connectivity index is 3.17. The van der Waals surface area contributed by atoms with Crippen LogP contribution in [0.5, 0.6) is 0 Å². The first-order valence-electron chi connectivity index (χ1n) is 3.18. The first-order valence-corrected chi connectivity index (χ1v) is 4.10. The van der Waals surface area contributed by atoms with E-state index in [0.29, 0.717) is 0 Å². The molecule has 0 amide bonds. The molecule has 1 rings (SSSR count). The van der Waals surface area contributed by atoms with Gasteiger partial charge in [-0.25, -0.2) is 0 Å². The van der Waals surface area contributed by atoms with E-state index in [1.165, 1.54) is 12.1 Å². The number of benzene rings is 1. The molecule has 0 spiro atoms.